The van der Waals surface area contributed by atoms with Crippen molar-refractivity contribution in [2.75, 3.05) is 0 Å². The van der Waals surface area contributed by atoms with Crippen molar-refractivity contribution in [2.24, 2.45) is 5.92 Å². The second-order valence-electron chi connectivity index (χ2n) is 7.35. The topological polar surface area (TPSA) is 0 Å². The van der Waals surface area contributed by atoms with E-state index in [0.29, 0.717) is 5.92 Å². The minimum atomic E-state index is -2.45. The van der Waals surface area contributed by atoms with E-state index in [1.807, 2.05) is 0 Å². The minimum absolute atomic E-state index is 0.288. The Balaban J connectivity index is 2.30. The summed E-state index contributed by atoms with van der Waals surface area (Å²) in [5.41, 5.74) is 10.9. The van der Waals surface area contributed by atoms with E-state index in [1.165, 1.54) is 44.5 Å². The van der Waals surface area contributed by atoms with E-state index in [-0.39, 0.29) is 3.63 Å². The molecule has 2 aromatic rings. The van der Waals surface area contributed by atoms with Gasteiger partial charge in [-0.3, -0.25) is 0 Å². The number of aryl methyl sites for hydroxylation is 3. The Kier molecular flexibility index (Phi) is 5.99. The molecule has 3 rings (SSSR count). The zero-order chi connectivity index (χ0) is 18.3. The van der Waals surface area contributed by atoms with E-state index in [1.54, 1.807) is 0 Å². The maximum absolute atomic E-state index is 6.59. The van der Waals surface area contributed by atoms with Crippen LogP contribution < -0.4 is 0 Å². The molecule has 0 saturated carbocycles. The van der Waals surface area contributed by atoms with Gasteiger partial charge in [0.1, 0.15) is 0 Å². The van der Waals surface area contributed by atoms with Gasteiger partial charge in [-0.05, 0) is 0 Å². The number of hydrogen-bond donors (Lipinski definition) is 0. The van der Waals surface area contributed by atoms with Crippen molar-refractivity contribution in [1.82, 2.24) is 0 Å². The molecule has 1 aliphatic rings. The summed E-state index contributed by atoms with van der Waals surface area (Å²) >= 11 is -2.45. The summed E-state index contributed by atoms with van der Waals surface area (Å²) in [6.45, 7) is 11.1. The fraction of sp³-hybridized carbons (Fsp3) is 0.364. The number of rotatable bonds is 4. The molecule has 2 aromatic carbocycles. The number of fused-ring (bicyclic) bond motifs is 1. The number of hydrogen-bond acceptors (Lipinski definition) is 0. The molecule has 0 fully saturated rings. The van der Waals surface area contributed by atoms with Crippen LogP contribution in [-0.4, -0.2) is 0 Å². The van der Waals surface area contributed by atoms with Crippen LogP contribution in [-0.2, 0) is 25.8 Å². The van der Waals surface area contributed by atoms with Gasteiger partial charge in [0.2, 0.25) is 0 Å². The molecule has 1 aliphatic carbocycles. The summed E-state index contributed by atoms with van der Waals surface area (Å²) < 4.78 is 0.288. The van der Waals surface area contributed by atoms with E-state index in [0.717, 1.165) is 6.42 Å². The Hall–Kier alpha value is -0.357. The van der Waals surface area contributed by atoms with Gasteiger partial charge in [-0.1, -0.05) is 0 Å². The van der Waals surface area contributed by atoms with Gasteiger partial charge in [0, 0.05) is 0 Å². The Morgan fingerprint density at radius 2 is 1.68 bits per heavy atom. The van der Waals surface area contributed by atoms with E-state index in [4.69, 9.17) is 17.0 Å². The molecule has 0 N–H and O–H groups in total. The second-order valence-corrected chi connectivity index (χ2v) is 16.2. The summed E-state index contributed by atoms with van der Waals surface area (Å²) in [7, 11) is 13.2. The molecular weight excluding hydrogens is 426 g/mol. The van der Waals surface area contributed by atoms with Gasteiger partial charge in [-0.2, -0.15) is 0 Å². The Morgan fingerprint density at radius 3 is 2.20 bits per heavy atom. The number of allylic oxidation sites excluding steroid dienone is 1. The summed E-state index contributed by atoms with van der Waals surface area (Å²) in [6.07, 6.45) is 3.42. The standard InChI is InChI=1S/C22H25.2ClH.Zr/c1-6-17-7-8-18-12-19(14(2)3)13-21(18)22(17)20-10-15(4)9-16(5)11-20;;;/h7-14H,6H2,1-5H3;2*1H;/q;;;+2/p-2. The predicted octanol–water partition coefficient (Wildman–Crippen LogP) is 7.55. The van der Waals surface area contributed by atoms with Crippen LogP contribution in [0.4, 0.5) is 0 Å². The molecule has 1 unspecified atom stereocenters. The van der Waals surface area contributed by atoms with Crippen LogP contribution in [0.2, 0.25) is 0 Å². The molecular formula is C22H25Cl2Zr. The first kappa shape index (κ1) is 19.4. The molecule has 0 saturated heterocycles. The molecule has 0 amide bonds. The molecule has 3 heteroatoms. The van der Waals surface area contributed by atoms with Crippen molar-refractivity contribution in [3.8, 4) is 11.1 Å². The first-order valence-corrected chi connectivity index (χ1v) is 16.7. The first-order valence-electron chi connectivity index (χ1n) is 8.97. The van der Waals surface area contributed by atoms with E-state index < -0.39 is 19.4 Å². The average molecular weight is 452 g/mol. The maximum atomic E-state index is 6.59. The number of halogens is 2. The zero-order valence-corrected chi connectivity index (χ0v) is 19.6. The Labute approximate surface area is 167 Å². The van der Waals surface area contributed by atoms with Crippen LogP contribution in [0.25, 0.3) is 17.2 Å². The third-order valence-electron chi connectivity index (χ3n) is 5.10. The van der Waals surface area contributed by atoms with Gasteiger partial charge in [0.15, 0.2) is 0 Å². The normalized spacial score (nSPS) is 16.2. The fourth-order valence-corrected chi connectivity index (χ4v) is 9.74. The van der Waals surface area contributed by atoms with Crippen molar-refractivity contribution >= 4 is 23.1 Å². The van der Waals surface area contributed by atoms with E-state index >= 15 is 0 Å². The Bertz CT molecular complexity index is 814. The molecule has 25 heavy (non-hydrogen) atoms. The van der Waals surface area contributed by atoms with Crippen LogP contribution in [0.1, 0.15) is 52.2 Å². The van der Waals surface area contributed by atoms with Crippen molar-refractivity contribution < 1.29 is 19.4 Å². The summed E-state index contributed by atoms with van der Waals surface area (Å²) in [5.74, 6) is 0.475. The fourth-order valence-electron chi connectivity index (χ4n) is 4.02. The molecule has 0 heterocycles. The van der Waals surface area contributed by atoms with Gasteiger partial charge in [0.25, 0.3) is 0 Å². The van der Waals surface area contributed by atoms with Crippen LogP contribution in [0, 0.1) is 19.8 Å². The van der Waals surface area contributed by atoms with Gasteiger partial charge in [0.05, 0.1) is 0 Å². The molecule has 0 aromatic heterocycles. The van der Waals surface area contributed by atoms with Crippen molar-refractivity contribution in [2.45, 2.75) is 44.7 Å². The third-order valence-corrected chi connectivity index (χ3v) is 10.3. The molecule has 131 valence electrons. The average Bonchev–Trinajstić information content (AvgIpc) is 2.92. The Morgan fingerprint density at radius 1 is 1.04 bits per heavy atom. The second kappa shape index (κ2) is 7.71. The van der Waals surface area contributed by atoms with Crippen LogP contribution in [0.5, 0.6) is 0 Å². The molecule has 0 radical (unpaired) electrons. The monoisotopic (exact) mass is 449 g/mol. The SMILES string of the molecule is CCc1ccc2c(c1-c1cc(C)cc(C)c1)C=C(C(C)C)[CH]2[Zr]([Cl])[Cl]. The summed E-state index contributed by atoms with van der Waals surface area (Å²) in [5, 5.41) is 0. The van der Waals surface area contributed by atoms with Crippen molar-refractivity contribution in [3.63, 3.8) is 0 Å². The van der Waals surface area contributed by atoms with Gasteiger partial charge in [-0.25, -0.2) is 0 Å². The predicted molar refractivity (Wildman–Crippen MR) is 108 cm³/mol. The number of benzene rings is 2. The van der Waals surface area contributed by atoms with Gasteiger partial charge in [-0.15, -0.1) is 0 Å². The van der Waals surface area contributed by atoms with Crippen molar-refractivity contribution in [3.05, 3.63) is 63.7 Å². The van der Waals surface area contributed by atoms with Crippen LogP contribution in [0.15, 0.2) is 35.9 Å². The molecule has 0 aliphatic heterocycles. The van der Waals surface area contributed by atoms with E-state index in [2.05, 4.69) is 71.0 Å². The summed E-state index contributed by atoms with van der Waals surface area (Å²) in [4.78, 5) is 0. The van der Waals surface area contributed by atoms with Gasteiger partial charge >= 0.3 is 168 Å². The quantitative estimate of drug-likeness (QED) is 0.450. The van der Waals surface area contributed by atoms with Gasteiger partial charge < -0.3 is 0 Å². The van der Waals surface area contributed by atoms with E-state index in [9.17, 15) is 0 Å². The molecule has 0 bridgehead atoms. The van der Waals surface area contributed by atoms with Crippen molar-refractivity contribution in [1.29, 1.82) is 0 Å². The molecule has 0 spiro atoms. The summed E-state index contributed by atoms with van der Waals surface area (Å²) in [6, 6.07) is 11.4. The zero-order valence-electron chi connectivity index (χ0n) is 15.6. The third kappa shape index (κ3) is 3.71. The van der Waals surface area contributed by atoms with Crippen LogP contribution in [0.3, 0.4) is 0 Å². The molecule has 0 nitrogen and oxygen atoms in total. The molecule has 1 atom stereocenters. The van der Waals surface area contributed by atoms with Crippen LogP contribution >= 0.6 is 17.0 Å². The first-order chi connectivity index (χ1) is 11.8.